The third-order valence-electron chi connectivity index (χ3n) is 6.09. The standard InChI is InChI=1S/C20H26N4O5S/c1-2-18(25)22-19-11-14-12-24(13-17(14)29-19)30(27,28)15-6-9-23(10-7-15)20(26)16-5-3-4-8-21-16/h2-5,8,14-15,17,19H,1,6-7,9-13H2,(H,22,25). The molecule has 3 saturated heterocycles. The summed E-state index contributed by atoms with van der Waals surface area (Å²) in [6.45, 7) is 4.92. The maximum Gasteiger partial charge on any atom is 0.272 e. The Labute approximate surface area is 176 Å². The van der Waals surface area contributed by atoms with Crippen LogP contribution in [0.15, 0.2) is 37.1 Å². The van der Waals surface area contributed by atoms with Crippen LogP contribution in [0.2, 0.25) is 0 Å². The van der Waals surface area contributed by atoms with Crippen LogP contribution in [0.25, 0.3) is 0 Å². The molecule has 10 heteroatoms. The number of carbonyl (C=O) groups excluding carboxylic acids is 2. The van der Waals surface area contributed by atoms with Crippen LogP contribution in [0.1, 0.15) is 29.8 Å². The monoisotopic (exact) mass is 434 g/mol. The van der Waals surface area contributed by atoms with E-state index in [1.165, 1.54) is 10.4 Å². The maximum absolute atomic E-state index is 13.1. The highest BCUT2D eigenvalue weighted by Gasteiger charge is 2.48. The summed E-state index contributed by atoms with van der Waals surface area (Å²) in [7, 11) is -3.47. The number of piperidine rings is 1. The highest BCUT2D eigenvalue weighted by atomic mass is 32.2. The van der Waals surface area contributed by atoms with Crippen molar-refractivity contribution in [3.8, 4) is 0 Å². The van der Waals surface area contributed by atoms with Gasteiger partial charge in [0, 0.05) is 38.3 Å². The molecule has 1 N–H and O–H groups in total. The molecule has 3 unspecified atom stereocenters. The van der Waals surface area contributed by atoms with E-state index in [1.54, 1.807) is 29.3 Å². The van der Waals surface area contributed by atoms with Crippen LogP contribution < -0.4 is 5.32 Å². The average Bonchev–Trinajstić information content (AvgIpc) is 3.33. The van der Waals surface area contributed by atoms with Crippen LogP contribution >= 0.6 is 0 Å². The van der Waals surface area contributed by atoms with Crippen LogP contribution in [0.5, 0.6) is 0 Å². The van der Waals surface area contributed by atoms with E-state index in [0.717, 1.165) is 0 Å². The van der Waals surface area contributed by atoms with Gasteiger partial charge >= 0.3 is 0 Å². The Bertz CT molecular complexity index is 900. The second-order valence-electron chi connectivity index (χ2n) is 7.94. The van der Waals surface area contributed by atoms with Gasteiger partial charge in [-0.2, -0.15) is 4.31 Å². The summed E-state index contributed by atoms with van der Waals surface area (Å²) in [5.74, 6) is -0.389. The molecule has 4 heterocycles. The van der Waals surface area contributed by atoms with Crippen molar-refractivity contribution >= 4 is 21.8 Å². The number of fused-ring (bicyclic) bond motifs is 1. The number of ether oxygens (including phenoxy) is 1. The van der Waals surface area contributed by atoms with Gasteiger partial charge in [0.05, 0.1) is 11.4 Å². The van der Waals surface area contributed by atoms with Crippen molar-refractivity contribution in [2.24, 2.45) is 5.92 Å². The van der Waals surface area contributed by atoms with E-state index >= 15 is 0 Å². The van der Waals surface area contributed by atoms with Gasteiger partial charge in [-0.3, -0.25) is 14.6 Å². The number of sulfonamides is 1. The predicted octanol–water partition coefficient (Wildman–Crippen LogP) is 0.365. The Morgan fingerprint density at radius 1 is 1.23 bits per heavy atom. The molecule has 1 aromatic heterocycles. The zero-order valence-corrected chi connectivity index (χ0v) is 17.5. The zero-order valence-electron chi connectivity index (χ0n) is 16.6. The van der Waals surface area contributed by atoms with Crippen molar-refractivity contribution in [1.82, 2.24) is 19.5 Å². The fourth-order valence-electron chi connectivity index (χ4n) is 4.46. The second-order valence-corrected chi connectivity index (χ2v) is 10.2. The summed E-state index contributed by atoms with van der Waals surface area (Å²) < 4.78 is 33.6. The molecule has 162 valence electrons. The normalized spacial score (nSPS) is 27.6. The molecule has 2 amide bonds. The fraction of sp³-hybridized carbons (Fsp3) is 0.550. The predicted molar refractivity (Wildman–Crippen MR) is 109 cm³/mol. The number of nitrogens with zero attached hydrogens (tertiary/aromatic N) is 3. The first-order valence-corrected chi connectivity index (χ1v) is 11.7. The molecule has 9 nitrogen and oxygen atoms in total. The molecule has 3 aliphatic heterocycles. The van der Waals surface area contributed by atoms with Crippen LogP contribution in [0.3, 0.4) is 0 Å². The lowest BCUT2D eigenvalue weighted by molar-refractivity contribution is -0.120. The molecule has 0 saturated carbocycles. The molecular weight excluding hydrogens is 408 g/mol. The first kappa shape index (κ1) is 21.0. The molecule has 3 fully saturated rings. The lowest BCUT2D eigenvalue weighted by Crippen LogP contribution is -2.47. The molecule has 1 aromatic rings. The smallest absolute Gasteiger partial charge is 0.272 e. The lowest BCUT2D eigenvalue weighted by Gasteiger charge is -2.33. The van der Waals surface area contributed by atoms with E-state index in [4.69, 9.17) is 4.74 Å². The highest BCUT2D eigenvalue weighted by Crippen LogP contribution is 2.35. The van der Waals surface area contributed by atoms with Gasteiger partial charge in [0.25, 0.3) is 5.91 Å². The Morgan fingerprint density at radius 3 is 2.63 bits per heavy atom. The number of amides is 2. The van der Waals surface area contributed by atoms with Crippen molar-refractivity contribution in [3.05, 3.63) is 42.7 Å². The van der Waals surface area contributed by atoms with Gasteiger partial charge in [-0.15, -0.1) is 0 Å². The van der Waals surface area contributed by atoms with E-state index in [0.29, 0.717) is 51.1 Å². The van der Waals surface area contributed by atoms with Crippen LogP contribution in [-0.4, -0.2) is 78.2 Å². The largest absolute Gasteiger partial charge is 0.354 e. The van der Waals surface area contributed by atoms with Gasteiger partial charge in [-0.1, -0.05) is 12.6 Å². The molecule has 0 radical (unpaired) electrons. The Morgan fingerprint density at radius 2 is 2.00 bits per heavy atom. The van der Waals surface area contributed by atoms with E-state index in [-0.39, 0.29) is 23.8 Å². The Hall–Kier alpha value is -2.30. The number of hydrogen-bond donors (Lipinski definition) is 1. The third kappa shape index (κ3) is 4.12. The number of carbonyl (C=O) groups is 2. The van der Waals surface area contributed by atoms with E-state index in [2.05, 4.69) is 16.9 Å². The average molecular weight is 435 g/mol. The van der Waals surface area contributed by atoms with E-state index < -0.39 is 21.5 Å². The highest BCUT2D eigenvalue weighted by molar-refractivity contribution is 7.89. The summed E-state index contributed by atoms with van der Waals surface area (Å²) in [6, 6.07) is 5.18. The molecule has 4 rings (SSSR count). The first-order chi connectivity index (χ1) is 14.4. The first-order valence-electron chi connectivity index (χ1n) is 10.2. The van der Waals surface area contributed by atoms with Crippen molar-refractivity contribution in [2.75, 3.05) is 26.2 Å². The van der Waals surface area contributed by atoms with E-state index in [9.17, 15) is 18.0 Å². The number of pyridine rings is 1. The third-order valence-corrected chi connectivity index (χ3v) is 8.42. The van der Waals surface area contributed by atoms with Gasteiger partial charge in [-0.25, -0.2) is 8.42 Å². The van der Waals surface area contributed by atoms with Gasteiger partial charge in [0.1, 0.15) is 11.9 Å². The summed E-state index contributed by atoms with van der Waals surface area (Å²) >= 11 is 0. The maximum atomic E-state index is 13.1. The number of rotatable bonds is 5. The molecule has 30 heavy (non-hydrogen) atoms. The summed E-state index contributed by atoms with van der Waals surface area (Å²) in [5, 5.41) is 2.21. The number of aromatic nitrogens is 1. The number of hydrogen-bond acceptors (Lipinski definition) is 6. The second kappa shape index (κ2) is 8.44. The van der Waals surface area contributed by atoms with Crippen molar-refractivity contribution in [3.63, 3.8) is 0 Å². The van der Waals surface area contributed by atoms with Gasteiger partial charge in [0.2, 0.25) is 15.9 Å². The SMILES string of the molecule is C=CC(=O)NC1CC2CN(S(=O)(=O)C3CCN(C(=O)c4ccccn4)CC3)CC2O1. The minimum atomic E-state index is -3.47. The molecular formula is C20H26N4O5S. The molecule has 0 bridgehead atoms. The van der Waals surface area contributed by atoms with Gasteiger partial charge in [-0.05, 0) is 37.5 Å². The lowest BCUT2D eigenvalue weighted by atomic mass is 10.1. The minimum absolute atomic E-state index is 0.0701. The minimum Gasteiger partial charge on any atom is -0.354 e. The number of nitrogens with one attached hydrogen (secondary N) is 1. The topological polar surface area (TPSA) is 109 Å². The van der Waals surface area contributed by atoms with Gasteiger partial charge in [0.15, 0.2) is 0 Å². The zero-order chi connectivity index (χ0) is 21.3. The molecule has 3 aliphatic rings. The molecule has 0 aromatic carbocycles. The quantitative estimate of drug-likeness (QED) is 0.671. The van der Waals surface area contributed by atoms with Crippen molar-refractivity contribution in [1.29, 1.82) is 0 Å². The molecule has 0 aliphatic carbocycles. The summed E-state index contributed by atoms with van der Waals surface area (Å²) in [4.78, 5) is 29.7. The fourth-order valence-corrected chi connectivity index (χ4v) is 6.44. The number of likely N-dealkylation sites (tertiary alicyclic amines) is 1. The Kier molecular flexibility index (Phi) is 5.90. The summed E-state index contributed by atoms with van der Waals surface area (Å²) in [6.07, 6.45) is 3.57. The Balaban J connectivity index is 1.31. The van der Waals surface area contributed by atoms with E-state index in [1.807, 2.05) is 0 Å². The van der Waals surface area contributed by atoms with Crippen molar-refractivity contribution < 1.29 is 22.7 Å². The molecule has 0 spiro atoms. The van der Waals surface area contributed by atoms with Crippen LogP contribution in [-0.2, 0) is 19.6 Å². The van der Waals surface area contributed by atoms with Crippen molar-refractivity contribution in [2.45, 2.75) is 36.8 Å². The van der Waals surface area contributed by atoms with Crippen LogP contribution in [0, 0.1) is 5.92 Å². The van der Waals surface area contributed by atoms with Crippen LogP contribution in [0.4, 0.5) is 0 Å². The summed E-state index contributed by atoms with van der Waals surface area (Å²) in [5.41, 5.74) is 0.376. The van der Waals surface area contributed by atoms with Gasteiger partial charge < -0.3 is 15.0 Å². The molecule has 3 atom stereocenters.